The fourth-order valence-electron chi connectivity index (χ4n) is 5.36. The van der Waals surface area contributed by atoms with Crippen LogP contribution in [0.1, 0.15) is 43.2 Å². The van der Waals surface area contributed by atoms with E-state index in [0.29, 0.717) is 40.4 Å². The van der Waals surface area contributed by atoms with Crippen molar-refractivity contribution >= 4 is 40.9 Å². The zero-order valence-electron chi connectivity index (χ0n) is 24.1. The van der Waals surface area contributed by atoms with Gasteiger partial charge in [0, 0.05) is 42.7 Å². The van der Waals surface area contributed by atoms with Crippen molar-refractivity contribution in [2.75, 3.05) is 40.1 Å². The normalized spacial score (nSPS) is 22.0. The summed E-state index contributed by atoms with van der Waals surface area (Å²) < 4.78 is 5.05. The lowest BCUT2D eigenvalue weighted by Gasteiger charge is -2.19. The van der Waals surface area contributed by atoms with Gasteiger partial charge in [-0.15, -0.1) is 0 Å². The highest BCUT2D eigenvalue weighted by Crippen LogP contribution is 2.52. The van der Waals surface area contributed by atoms with Gasteiger partial charge in [-0.3, -0.25) is 14.6 Å². The van der Waals surface area contributed by atoms with Gasteiger partial charge in [-0.25, -0.2) is 0 Å². The number of nitrogens with two attached hydrogens (primary N) is 5. The number of likely N-dealkylation sites (N-methyl/N-ethyl adjacent to an activating group) is 1. The molecule has 1 aromatic carbocycles. The molecule has 2 fully saturated rings. The number of likely N-dealkylation sites (tertiary alicyclic amines) is 1. The molecule has 2 aliphatic carbocycles. The highest BCUT2D eigenvalue weighted by molar-refractivity contribution is 6.32. The summed E-state index contributed by atoms with van der Waals surface area (Å²) in [5.74, 6) is 5.47. The van der Waals surface area contributed by atoms with Crippen LogP contribution < -0.4 is 28.7 Å². The monoisotopic (exact) mass is 583 g/mol. The summed E-state index contributed by atoms with van der Waals surface area (Å²) in [6, 6.07) is 4.17. The van der Waals surface area contributed by atoms with E-state index in [4.69, 9.17) is 49.8 Å². The first-order valence-electron chi connectivity index (χ1n) is 13.4. The summed E-state index contributed by atoms with van der Waals surface area (Å²) in [4.78, 5) is 26.7. The molecule has 2 bridgehead atoms. The molecule has 0 spiro atoms. The predicted octanol–water partition coefficient (Wildman–Crippen LogP) is 2.16. The number of amides is 1. The molecule has 1 saturated heterocycles. The summed E-state index contributed by atoms with van der Waals surface area (Å²) in [5, 5.41) is 0.422. The Kier molecular flexibility index (Phi) is 12.9. The molecule has 1 saturated carbocycles. The van der Waals surface area contributed by atoms with Crippen LogP contribution in [-0.4, -0.2) is 63.3 Å². The minimum atomic E-state index is -0.811. The Morgan fingerprint density at radius 3 is 2.37 bits per heavy atom. The van der Waals surface area contributed by atoms with Crippen molar-refractivity contribution < 1.29 is 14.3 Å². The smallest absolute Gasteiger partial charge is 0.255 e. The number of nitrogen functional groups attached to an aromatic ring is 1. The summed E-state index contributed by atoms with van der Waals surface area (Å²) in [7, 11) is 5.36. The zero-order valence-corrected chi connectivity index (χ0v) is 24.8. The lowest BCUT2D eigenvalue weighted by atomic mass is 9.89. The van der Waals surface area contributed by atoms with Gasteiger partial charge in [0.25, 0.3) is 5.91 Å². The molecular weight excluding hydrogens is 542 g/mol. The number of carbonyl (C=O) groups is 2. The Labute approximate surface area is 247 Å². The molecule has 1 heterocycles. The summed E-state index contributed by atoms with van der Waals surface area (Å²) in [5.41, 5.74) is 33.1. The largest absolute Gasteiger partial charge is 0.402 e. The first-order chi connectivity index (χ1) is 19.5. The average molecular weight is 584 g/mol. The highest BCUT2D eigenvalue weighted by atomic mass is 35.5. The number of anilines is 1. The average Bonchev–Trinajstić information content (AvgIpc) is 3.66. The van der Waals surface area contributed by atoms with E-state index < -0.39 is 5.91 Å². The molecule has 222 valence electrons. The molecule has 41 heavy (non-hydrogen) atoms. The number of methoxy groups -OCH3 is 1. The molecule has 3 aliphatic rings. The lowest BCUT2D eigenvalue weighted by Crippen LogP contribution is -2.29. The van der Waals surface area contributed by atoms with Crippen LogP contribution in [-0.2, 0) is 14.3 Å². The molecule has 3 unspecified atom stereocenters. The number of primary amides is 1. The second-order valence-corrected chi connectivity index (χ2v) is 10.5. The van der Waals surface area contributed by atoms with E-state index in [1.807, 2.05) is 0 Å². The molecule has 10 N–H and O–H groups in total. The van der Waals surface area contributed by atoms with Crippen molar-refractivity contribution in [3.63, 3.8) is 0 Å². The van der Waals surface area contributed by atoms with Gasteiger partial charge in [-0.1, -0.05) is 24.1 Å². The number of hydrogen-bond acceptors (Lipinski definition) is 8. The van der Waals surface area contributed by atoms with Crippen LogP contribution in [0.3, 0.4) is 0 Å². The fourth-order valence-corrected chi connectivity index (χ4v) is 5.58. The third kappa shape index (κ3) is 8.60. The van der Waals surface area contributed by atoms with Crippen LogP contribution in [0.15, 0.2) is 46.7 Å². The second kappa shape index (κ2) is 15.9. The van der Waals surface area contributed by atoms with Crippen molar-refractivity contribution in [3.8, 4) is 11.8 Å². The van der Waals surface area contributed by atoms with Gasteiger partial charge in [-0.2, -0.15) is 0 Å². The number of nitrogens with zero attached hydrogens (tertiary/aromatic N) is 2. The highest BCUT2D eigenvalue weighted by Gasteiger charge is 2.39. The maximum absolute atomic E-state index is 11.6. The van der Waals surface area contributed by atoms with Crippen LogP contribution in [0.2, 0.25) is 5.02 Å². The molecule has 11 heteroatoms. The maximum atomic E-state index is 11.6. The molecule has 1 amide bonds. The first kappa shape index (κ1) is 33.4. The number of carbonyl (C=O) groups excluding carboxylic acids is 2. The van der Waals surface area contributed by atoms with E-state index in [2.05, 4.69) is 35.4 Å². The SMILES string of the molecule is C=CC=O.CN=C(N)/C(C(N)=O)=C(\N)C#Cc1cc(N)c(C2=C(N)C3CCC2C3)cc1Cl.COCC1CCCN1C. The Morgan fingerprint density at radius 1 is 1.22 bits per heavy atom. The number of hydrogen-bond donors (Lipinski definition) is 5. The van der Waals surface area contributed by atoms with E-state index >= 15 is 0 Å². The third-order valence-corrected chi connectivity index (χ3v) is 7.81. The van der Waals surface area contributed by atoms with Crippen molar-refractivity contribution in [1.29, 1.82) is 0 Å². The Bertz CT molecular complexity index is 1290. The number of rotatable bonds is 6. The zero-order chi connectivity index (χ0) is 30.7. The van der Waals surface area contributed by atoms with Crippen LogP contribution in [0.25, 0.3) is 5.57 Å². The van der Waals surface area contributed by atoms with E-state index in [1.165, 1.54) is 32.5 Å². The summed E-state index contributed by atoms with van der Waals surface area (Å²) >= 11 is 6.43. The van der Waals surface area contributed by atoms with E-state index in [1.54, 1.807) is 19.2 Å². The van der Waals surface area contributed by atoms with Crippen LogP contribution in [0, 0.1) is 23.7 Å². The quantitative estimate of drug-likeness (QED) is 0.0840. The number of amidine groups is 1. The number of aldehydes is 1. The molecular formula is C30H42ClN7O3. The van der Waals surface area contributed by atoms with Gasteiger partial charge in [0.2, 0.25) is 0 Å². The van der Waals surface area contributed by atoms with Crippen LogP contribution in [0.4, 0.5) is 5.69 Å². The second-order valence-electron chi connectivity index (χ2n) is 10.1. The van der Waals surface area contributed by atoms with Crippen LogP contribution in [0.5, 0.6) is 0 Å². The topological polar surface area (TPSA) is 189 Å². The molecule has 1 aromatic rings. The summed E-state index contributed by atoms with van der Waals surface area (Å²) in [6.07, 6.45) is 7.82. The van der Waals surface area contributed by atoms with Gasteiger partial charge in [-0.05, 0) is 87.2 Å². The van der Waals surface area contributed by atoms with Crippen molar-refractivity contribution in [3.05, 3.63) is 57.9 Å². The number of ether oxygens (including phenoxy) is 1. The number of benzene rings is 1. The molecule has 4 rings (SSSR count). The van der Waals surface area contributed by atoms with Crippen molar-refractivity contribution in [2.24, 2.45) is 39.8 Å². The van der Waals surface area contributed by atoms with Crippen molar-refractivity contribution in [1.82, 2.24) is 4.90 Å². The van der Waals surface area contributed by atoms with Gasteiger partial charge in [0.05, 0.1) is 17.3 Å². The predicted molar refractivity (Wildman–Crippen MR) is 166 cm³/mol. The van der Waals surface area contributed by atoms with Gasteiger partial charge >= 0.3 is 0 Å². The minimum absolute atomic E-state index is 0.0843. The third-order valence-electron chi connectivity index (χ3n) is 7.49. The Morgan fingerprint density at radius 2 is 1.88 bits per heavy atom. The van der Waals surface area contributed by atoms with Crippen LogP contribution >= 0.6 is 11.6 Å². The Hall–Kier alpha value is -3.78. The Balaban J connectivity index is 0.000000374. The molecule has 0 aromatic heterocycles. The first-order valence-corrected chi connectivity index (χ1v) is 13.8. The fraction of sp³-hybridized carbons (Fsp3) is 0.433. The molecule has 10 nitrogen and oxygen atoms in total. The minimum Gasteiger partial charge on any atom is -0.402 e. The van der Waals surface area contributed by atoms with Gasteiger partial charge in [0.15, 0.2) is 0 Å². The number of aliphatic imine (C=N–C) groups is 1. The maximum Gasteiger partial charge on any atom is 0.255 e. The molecule has 0 radical (unpaired) electrons. The standard InChI is InChI=1S/C20H23ClN6O.C7H15NO.C3H4O/c1-27-19(25)17(20(26)28)14(22)5-4-9-7-15(23)12(8-13(9)21)16-10-2-3-11(6-10)18(16)24;1-8-5-3-4-7(8)6-9-2;1-2-3-4/h7-8,10-11H,2-3,6,22-24H2,1H3,(H2,25,27)(H2,26,28);7H,3-6H2,1-2H3;2-3H,1H2/b17-14+;;. The van der Waals surface area contributed by atoms with Gasteiger partial charge < -0.3 is 38.3 Å². The molecule has 3 atom stereocenters. The molecule has 1 aliphatic heterocycles. The summed E-state index contributed by atoms with van der Waals surface area (Å²) in [6.45, 7) is 5.25. The van der Waals surface area contributed by atoms with Crippen molar-refractivity contribution in [2.45, 2.75) is 38.1 Å². The van der Waals surface area contributed by atoms with Gasteiger partial charge in [0.1, 0.15) is 17.7 Å². The van der Waals surface area contributed by atoms with E-state index in [-0.39, 0.29) is 17.1 Å². The van der Waals surface area contributed by atoms with E-state index in [9.17, 15) is 4.79 Å². The van der Waals surface area contributed by atoms with E-state index in [0.717, 1.165) is 42.7 Å². The number of fused-ring (bicyclic) bond motifs is 2. The number of halogens is 1. The lowest BCUT2D eigenvalue weighted by molar-refractivity contribution is -0.114. The number of allylic oxidation sites excluding steroid dienone is 4.